The molecule has 1 heterocycles. The lowest BCUT2D eigenvalue weighted by Crippen LogP contribution is -2.26. The summed E-state index contributed by atoms with van der Waals surface area (Å²) >= 11 is 0. The van der Waals surface area contributed by atoms with Gasteiger partial charge < -0.3 is 4.74 Å². The number of hydrogen-bond donors (Lipinski definition) is 0. The molecule has 0 radical (unpaired) electrons. The highest BCUT2D eigenvalue weighted by molar-refractivity contribution is 5.75. The number of rotatable bonds is 13. The minimum Gasteiger partial charge on any atom is -0.425 e. The molecule has 2 fully saturated rings. The summed E-state index contributed by atoms with van der Waals surface area (Å²) in [6.45, 7) is 4.45. The van der Waals surface area contributed by atoms with Crippen molar-refractivity contribution in [2.24, 2.45) is 23.7 Å². The van der Waals surface area contributed by atoms with Crippen molar-refractivity contribution in [3.05, 3.63) is 24.0 Å². The van der Waals surface area contributed by atoms with Crippen molar-refractivity contribution in [3.8, 4) is 5.75 Å². The second-order valence-corrected chi connectivity index (χ2v) is 11.0. The first-order chi connectivity index (χ1) is 16.2. The molecular weight excluding hydrogens is 406 g/mol. The van der Waals surface area contributed by atoms with Gasteiger partial charge in [-0.3, -0.25) is 9.78 Å². The molecule has 0 N–H and O–H groups in total. The van der Waals surface area contributed by atoms with Crippen LogP contribution in [0.15, 0.2) is 18.3 Å². The molecule has 0 bridgehead atoms. The smallest absolute Gasteiger partial charge is 0.314 e. The van der Waals surface area contributed by atoms with E-state index < -0.39 is 0 Å². The number of ether oxygens (including phenoxy) is 1. The molecule has 0 atom stereocenters. The van der Waals surface area contributed by atoms with E-state index >= 15 is 0 Å². The van der Waals surface area contributed by atoms with Gasteiger partial charge in [0.05, 0.1) is 12.1 Å². The van der Waals surface area contributed by atoms with Crippen molar-refractivity contribution < 1.29 is 9.53 Å². The fourth-order valence-corrected chi connectivity index (χ4v) is 6.08. The van der Waals surface area contributed by atoms with Crippen LogP contribution in [0, 0.1) is 23.7 Å². The Hall–Kier alpha value is -1.38. The third-order valence-corrected chi connectivity index (χ3v) is 8.37. The van der Waals surface area contributed by atoms with Gasteiger partial charge in [-0.25, -0.2) is 0 Å². The van der Waals surface area contributed by atoms with E-state index in [0.717, 1.165) is 49.1 Å². The molecule has 33 heavy (non-hydrogen) atoms. The molecule has 3 heteroatoms. The second kappa shape index (κ2) is 14.8. The van der Waals surface area contributed by atoms with Crippen LogP contribution < -0.4 is 4.74 Å². The summed E-state index contributed by atoms with van der Waals surface area (Å²) in [6, 6.07) is 3.87. The Morgan fingerprint density at radius 3 is 1.97 bits per heavy atom. The van der Waals surface area contributed by atoms with Crippen LogP contribution in [-0.2, 0) is 11.2 Å². The summed E-state index contributed by atoms with van der Waals surface area (Å²) in [5, 5.41) is 0. The maximum atomic E-state index is 12.6. The zero-order valence-corrected chi connectivity index (χ0v) is 21.5. The third kappa shape index (κ3) is 9.41. The molecule has 2 saturated carbocycles. The number of unbranched alkanes of at least 4 members (excludes halogenated alkanes) is 4. The number of pyridine rings is 1. The van der Waals surface area contributed by atoms with Gasteiger partial charge in [-0.1, -0.05) is 97.3 Å². The van der Waals surface area contributed by atoms with E-state index in [1.54, 1.807) is 6.20 Å². The van der Waals surface area contributed by atoms with E-state index in [1.165, 1.54) is 89.9 Å². The van der Waals surface area contributed by atoms with Crippen molar-refractivity contribution in [1.82, 2.24) is 4.98 Å². The van der Waals surface area contributed by atoms with Crippen molar-refractivity contribution in [3.63, 3.8) is 0 Å². The summed E-state index contributed by atoms with van der Waals surface area (Å²) in [5.74, 6) is 3.42. The highest BCUT2D eigenvalue weighted by Crippen LogP contribution is 2.38. The van der Waals surface area contributed by atoms with Gasteiger partial charge in [-0.15, -0.1) is 0 Å². The highest BCUT2D eigenvalue weighted by Gasteiger charge is 2.29. The van der Waals surface area contributed by atoms with Crippen LogP contribution in [0.3, 0.4) is 0 Å². The van der Waals surface area contributed by atoms with Crippen LogP contribution in [0.2, 0.25) is 0 Å². The van der Waals surface area contributed by atoms with E-state index in [2.05, 4.69) is 18.8 Å². The number of carbonyl (C=O) groups excluding carboxylic acids is 1. The predicted octanol–water partition coefficient (Wildman–Crippen LogP) is 8.69. The Morgan fingerprint density at radius 2 is 1.39 bits per heavy atom. The van der Waals surface area contributed by atoms with Crippen LogP contribution in [-0.4, -0.2) is 11.0 Å². The lowest BCUT2D eigenvalue weighted by molar-refractivity contribution is -0.140. The van der Waals surface area contributed by atoms with E-state index in [9.17, 15) is 4.79 Å². The van der Waals surface area contributed by atoms with E-state index in [1.807, 2.05) is 12.1 Å². The summed E-state index contributed by atoms with van der Waals surface area (Å²) in [7, 11) is 0. The molecule has 3 nitrogen and oxygen atoms in total. The standard InChI is InChI=1S/C30H49NO2/c1-3-5-6-7-8-10-24-11-13-25(14-12-24)15-16-26-17-19-27(20-18-26)30(32)33-29-22-21-28(9-4-2)31-23-29/h21-27H,3-20H2,1-2H3. The van der Waals surface area contributed by atoms with Gasteiger partial charge in [-0.05, 0) is 62.0 Å². The Morgan fingerprint density at radius 1 is 0.788 bits per heavy atom. The normalized spacial score (nSPS) is 25.6. The molecule has 0 amide bonds. The topological polar surface area (TPSA) is 39.2 Å². The Bertz CT molecular complexity index is 654. The van der Waals surface area contributed by atoms with Crippen molar-refractivity contribution in [2.45, 2.75) is 129 Å². The van der Waals surface area contributed by atoms with E-state index in [0.29, 0.717) is 5.75 Å². The minimum absolute atomic E-state index is 0.0495. The molecule has 2 aliphatic rings. The van der Waals surface area contributed by atoms with Crippen molar-refractivity contribution in [1.29, 1.82) is 0 Å². The summed E-state index contributed by atoms with van der Waals surface area (Å²) < 4.78 is 5.63. The molecule has 2 aliphatic carbocycles. The van der Waals surface area contributed by atoms with Crippen LogP contribution in [0.4, 0.5) is 0 Å². The maximum absolute atomic E-state index is 12.6. The van der Waals surface area contributed by atoms with Gasteiger partial charge in [0, 0.05) is 5.69 Å². The molecule has 186 valence electrons. The first-order valence-corrected chi connectivity index (χ1v) is 14.3. The van der Waals surface area contributed by atoms with Crippen molar-refractivity contribution in [2.75, 3.05) is 0 Å². The molecule has 3 rings (SSSR count). The third-order valence-electron chi connectivity index (χ3n) is 8.37. The number of nitrogens with zero attached hydrogens (tertiary/aromatic N) is 1. The minimum atomic E-state index is -0.0495. The molecule has 0 spiro atoms. The summed E-state index contributed by atoms with van der Waals surface area (Å²) in [5.41, 5.74) is 1.06. The average Bonchev–Trinajstić information content (AvgIpc) is 2.85. The largest absolute Gasteiger partial charge is 0.425 e. The lowest BCUT2D eigenvalue weighted by Gasteiger charge is -2.31. The van der Waals surface area contributed by atoms with E-state index in [-0.39, 0.29) is 11.9 Å². The maximum Gasteiger partial charge on any atom is 0.314 e. The molecule has 1 aromatic rings. The Balaban J connectivity index is 1.26. The van der Waals surface area contributed by atoms with Crippen LogP contribution >= 0.6 is 0 Å². The zero-order valence-electron chi connectivity index (χ0n) is 21.5. The zero-order chi connectivity index (χ0) is 23.3. The van der Waals surface area contributed by atoms with Gasteiger partial charge in [0.2, 0.25) is 0 Å². The van der Waals surface area contributed by atoms with Gasteiger partial charge in [0.15, 0.2) is 0 Å². The quantitative estimate of drug-likeness (QED) is 0.220. The van der Waals surface area contributed by atoms with Gasteiger partial charge in [0.25, 0.3) is 0 Å². The van der Waals surface area contributed by atoms with Gasteiger partial charge in [-0.2, -0.15) is 0 Å². The lowest BCUT2D eigenvalue weighted by atomic mass is 9.75. The molecule has 0 aliphatic heterocycles. The van der Waals surface area contributed by atoms with Crippen LogP contribution in [0.1, 0.15) is 129 Å². The van der Waals surface area contributed by atoms with E-state index in [4.69, 9.17) is 4.74 Å². The average molecular weight is 456 g/mol. The first kappa shape index (κ1) is 26.2. The Labute approximate surface area is 203 Å². The van der Waals surface area contributed by atoms with Crippen molar-refractivity contribution >= 4 is 5.97 Å². The molecule has 0 saturated heterocycles. The monoisotopic (exact) mass is 455 g/mol. The number of aromatic nitrogens is 1. The number of aryl methyl sites for hydroxylation is 1. The Kier molecular flexibility index (Phi) is 11.8. The molecule has 0 unspecified atom stereocenters. The predicted molar refractivity (Wildman–Crippen MR) is 137 cm³/mol. The molecular formula is C30H49NO2. The molecule has 1 aromatic heterocycles. The van der Waals surface area contributed by atoms with Crippen LogP contribution in [0.25, 0.3) is 0 Å². The highest BCUT2D eigenvalue weighted by atomic mass is 16.5. The second-order valence-electron chi connectivity index (χ2n) is 11.0. The molecule has 0 aromatic carbocycles. The SMILES string of the molecule is CCCCCCCC1CCC(CCC2CCC(C(=O)Oc3ccc(CCC)nc3)CC2)CC1. The first-order valence-electron chi connectivity index (χ1n) is 14.3. The summed E-state index contributed by atoms with van der Waals surface area (Å²) in [4.78, 5) is 17.0. The number of carbonyl (C=O) groups is 1. The fraction of sp³-hybridized carbons (Fsp3) is 0.800. The van der Waals surface area contributed by atoms with Gasteiger partial charge >= 0.3 is 5.97 Å². The number of esters is 1. The fourth-order valence-electron chi connectivity index (χ4n) is 6.08. The van der Waals surface area contributed by atoms with Gasteiger partial charge in [0.1, 0.15) is 5.75 Å². The number of hydrogen-bond acceptors (Lipinski definition) is 3. The van der Waals surface area contributed by atoms with Crippen LogP contribution in [0.5, 0.6) is 5.75 Å². The summed E-state index contributed by atoms with van der Waals surface area (Å²) in [6.07, 6.45) is 25.4.